The first kappa shape index (κ1) is 9.52. The second-order valence-electron chi connectivity index (χ2n) is 3.04. The molecule has 56 valence electrons. The summed E-state index contributed by atoms with van der Waals surface area (Å²) in [4.78, 5) is 10.4. The number of rotatable bonds is 1. The number of ether oxygens (including phenoxy) is 1. The molecule has 0 radical (unpaired) electrons. The van der Waals surface area contributed by atoms with Crippen molar-refractivity contribution in [2.45, 2.75) is 31.5 Å². The van der Waals surface area contributed by atoms with Crippen LogP contribution in [0, 0.1) is 5.92 Å². The molecule has 0 aromatic rings. The Hall–Kier alpha value is 0.430. The van der Waals surface area contributed by atoms with E-state index in [4.69, 9.17) is 4.74 Å². The van der Waals surface area contributed by atoms with Crippen LogP contribution in [0.5, 0.6) is 0 Å². The van der Waals surface area contributed by atoms with Gasteiger partial charge in [0.15, 0.2) is 0 Å². The minimum Gasteiger partial charge on any atom is -0.550 e. The molecular weight excluding hydrogens is 155 g/mol. The number of carbonyl (C=O) groups excluding carboxylic acids is 1. The van der Waals surface area contributed by atoms with Crippen molar-refractivity contribution in [2.75, 3.05) is 0 Å². The van der Waals surface area contributed by atoms with Crippen molar-refractivity contribution in [3.63, 3.8) is 0 Å². The fraction of sp³-hybridized carbons (Fsp3) is 0.857. The smallest absolute Gasteiger partial charge is 0.550 e. The summed E-state index contributed by atoms with van der Waals surface area (Å²) >= 11 is 0. The zero-order valence-electron chi connectivity index (χ0n) is 6.58. The van der Waals surface area contributed by atoms with Crippen molar-refractivity contribution in [1.82, 2.24) is 0 Å². The van der Waals surface area contributed by atoms with Crippen LogP contribution in [0.1, 0.15) is 19.3 Å². The number of carboxylic acids is 1. The standard InChI is InChI=1S/C7H10O3.Na/c8-7(9)5-3-4-1-2-6(5)10-4;/h4-6H,1-3H2,(H,8,9);/q;+1/p-1. The average Bonchev–Trinajstić information content (AvgIpc) is 2.44. The number of aliphatic carboxylic acids is 1. The van der Waals surface area contributed by atoms with Crippen LogP contribution in [0.25, 0.3) is 0 Å². The van der Waals surface area contributed by atoms with E-state index in [-0.39, 0.29) is 47.7 Å². The molecule has 4 heteroatoms. The molecule has 3 atom stereocenters. The van der Waals surface area contributed by atoms with E-state index in [0.29, 0.717) is 6.42 Å². The molecule has 0 saturated carbocycles. The summed E-state index contributed by atoms with van der Waals surface area (Å²) in [5, 5.41) is 10.4. The molecule has 2 aliphatic rings. The first-order chi connectivity index (χ1) is 4.77. The second kappa shape index (κ2) is 3.44. The molecule has 2 rings (SSSR count). The van der Waals surface area contributed by atoms with E-state index in [9.17, 15) is 9.90 Å². The van der Waals surface area contributed by atoms with Gasteiger partial charge < -0.3 is 14.6 Å². The third kappa shape index (κ3) is 1.61. The van der Waals surface area contributed by atoms with Gasteiger partial charge in [0.1, 0.15) is 0 Å². The molecule has 2 bridgehead atoms. The molecule has 0 N–H and O–H groups in total. The van der Waals surface area contributed by atoms with Gasteiger partial charge in [-0.05, 0) is 19.3 Å². The largest absolute Gasteiger partial charge is 1.00 e. The van der Waals surface area contributed by atoms with E-state index in [1.807, 2.05) is 0 Å². The number of hydrogen-bond acceptors (Lipinski definition) is 3. The first-order valence-electron chi connectivity index (χ1n) is 3.63. The third-order valence-corrected chi connectivity index (χ3v) is 2.41. The van der Waals surface area contributed by atoms with Gasteiger partial charge >= 0.3 is 29.6 Å². The summed E-state index contributed by atoms with van der Waals surface area (Å²) in [6.45, 7) is 0. The minimum atomic E-state index is -0.938. The topological polar surface area (TPSA) is 49.4 Å². The van der Waals surface area contributed by atoms with E-state index >= 15 is 0 Å². The van der Waals surface area contributed by atoms with Crippen LogP contribution >= 0.6 is 0 Å². The molecule has 0 amide bonds. The third-order valence-electron chi connectivity index (χ3n) is 2.41. The van der Waals surface area contributed by atoms with Crippen LogP contribution in [0.2, 0.25) is 0 Å². The Kier molecular flexibility index (Phi) is 2.97. The first-order valence-corrected chi connectivity index (χ1v) is 3.63. The van der Waals surface area contributed by atoms with Crippen LogP contribution in [-0.4, -0.2) is 18.2 Å². The van der Waals surface area contributed by atoms with Crippen LogP contribution in [0.3, 0.4) is 0 Å². The number of fused-ring (bicyclic) bond motifs is 2. The van der Waals surface area contributed by atoms with Crippen LogP contribution in [0.15, 0.2) is 0 Å². The van der Waals surface area contributed by atoms with Gasteiger partial charge in [-0.3, -0.25) is 0 Å². The maximum atomic E-state index is 10.4. The summed E-state index contributed by atoms with van der Waals surface area (Å²) in [7, 11) is 0. The van der Waals surface area contributed by atoms with Gasteiger partial charge in [0.2, 0.25) is 0 Å². The van der Waals surface area contributed by atoms with Crippen LogP contribution in [0.4, 0.5) is 0 Å². The Morgan fingerprint density at radius 2 is 2.18 bits per heavy atom. The van der Waals surface area contributed by atoms with Crippen molar-refractivity contribution in [2.24, 2.45) is 5.92 Å². The fourth-order valence-electron chi connectivity index (χ4n) is 1.89. The van der Waals surface area contributed by atoms with Crippen molar-refractivity contribution < 1.29 is 44.2 Å². The molecule has 2 aliphatic heterocycles. The summed E-state index contributed by atoms with van der Waals surface area (Å²) in [6.07, 6.45) is 2.80. The van der Waals surface area contributed by atoms with Crippen molar-refractivity contribution in [3.8, 4) is 0 Å². The Balaban J connectivity index is 0.000000605. The molecule has 3 unspecified atom stereocenters. The average molecular weight is 164 g/mol. The second-order valence-corrected chi connectivity index (χ2v) is 3.04. The zero-order chi connectivity index (χ0) is 7.14. The van der Waals surface area contributed by atoms with E-state index in [1.165, 1.54) is 0 Å². The van der Waals surface area contributed by atoms with E-state index in [0.717, 1.165) is 12.8 Å². The van der Waals surface area contributed by atoms with Crippen LogP contribution < -0.4 is 34.7 Å². The van der Waals surface area contributed by atoms with Gasteiger partial charge in [-0.25, -0.2) is 0 Å². The molecule has 11 heavy (non-hydrogen) atoms. The molecule has 0 aromatic carbocycles. The Bertz CT molecular complexity index is 171. The zero-order valence-corrected chi connectivity index (χ0v) is 8.58. The molecule has 0 aliphatic carbocycles. The molecule has 3 nitrogen and oxygen atoms in total. The summed E-state index contributed by atoms with van der Waals surface area (Å²) in [5.74, 6) is -1.26. The van der Waals surface area contributed by atoms with Gasteiger partial charge in [0.25, 0.3) is 0 Å². The van der Waals surface area contributed by atoms with Gasteiger partial charge in [-0.1, -0.05) is 0 Å². The Labute approximate surface area is 87.4 Å². The Morgan fingerprint density at radius 3 is 2.45 bits per heavy atom. The molecule has 2 heterocycles. The molecule has 2 fully saturated rings. The van der Waals surface area contributed by atoms with Gasteiger partial charge in [-0.15, -0.1) is 0 Å². The van der Waals surface area contributed by atoms with Crippen molar-refractivity contribution >= 4 is 5.97 Å². The van der Waals surface area contributed by atoms with Gasteiger partial charge in [0, 0.05) is 11.9 Å². The van der Waals surface area contributed by atoms with Gasteiger partial charge in [-0.2, -0.15) is 0 Å². The number of hydrogen-bond donors (Lipinski definition) is 0. The molecule has 0 spiro atoms. The summed E-state index contributed by atoms with van der Waals surface area (Å²) < 4.78 is 5.33. The molecule has 2 saturated heterocycles. The summed E-state index contributed by atoms with van der Waals surface area (Å²) in [5.41, 5.74) is 0. The number of carbonyl (C=O) groups is 1. The molecule has 0 aromatic heterocycles. The maximum absolute atomic E-state index is 10.4. The monoisotopic (exact) mass is 164 g/mol. The Morgan fingerprint density at radius 1 is 1.45 bits per heavy atom. The van der Waals surface area contributed by atoms with E-state index in [1.54, 1.807) is 0 Å². The summed E-state index contributed by atoms with van der Waals surface area (Å²) in [6, 6.07) is 0. The van der Waals surface area contributed by atoms with Crippen LogP contribution in [-0.2, 0) is 9.53 Å². The number of carboxylic acid groups (broad SMARTS) is 1. The normalized spacial score (nSPS) is 40.2. The fourth-order valence-corrected chi connectivity index (χ4v) is 1.89. The predicted octanol–water partition coefficient (Wildman–Crippen LogP) is -3.69. The quantitative estimate of drug-likeness (QED) is 0.375. The minimum absolute atomic E-state index is 0. The van der Waals surface area contributed by atoms with Gasteiger partial charge in [0.05, 0.1) is 12.2 Å². The van der Waals surface area contributed by atoms with E-state index < -0.39 is 5.97 Å². The SMILES string of the molecule is O=C([O-])C1CC2CCC1O2.[Na+]. The van der Waals surface area contributed by atoms with E-state index in [2.05, 4.69) is 0 Å². The molecular formula is C7H9NaO3. The maximum Gasteiger partial charge on any atom is 1.00 e. The van der Waals surface area contributed by atoms with Crippen molar-refractivity contribution in [1.29, 1.82) is 0 Å². The predicted molar refractivity (Wildman–Crippen MR) is 31.0 cm³/mol. The van der Waals surface area contributed by atoms with Crippen molar-refractivity contribution in [3.05, 3.63) is 0 Å².